The van der Waals surface area contributed by atoms with Gasteiger partial charge in [0.25, 0.3) is 0 Å². The number of hydrogen-bond acceptors (Lipinski definition) is 4. The second-order valence-corrected chi connectivity index (χ2v) is 4.33. The van der Waals surface area contributed by atoms with Crippen LogP contribution in [-0.2, 0) is 5.54 Å². The number of aromatic nitrogens is 6. The highest BCUT2D eigenvalue weighted by Gasteiger charge is 2.49. The number of fused-ring (bicyclic) bond motifs is 1. The largest absolute Gasteiger partial charge is 0.337 e. The molecule has 3 aromatic heterocycles. The molecule has 17 heavy (non-hydrogen) atoms. The molecule has 0 spiro atoms. The molecule has 0 atom stereocenters. The van der Waals surface area contributed by atoms with Gasteiger partial charge in [0.05, 0.1) is 6.20 Å². The number of aromatic amines is 1. The number of nitrogens with one attached hydrogen (secondary N) is 1. The fraction of sp³-hybridized carbons (Fsp3) is 0.273. The van der Waals surface area contributed by atoms with E-state index < -0.39 is 0 Å². The van der Waals surface area contributed by atoms with Crippen LogP contribution in [0.5, 0.6) is 0 Å². The average molecular weight is 226 g/mol. The fourth-order valence-corrected chi connectivity index (χ4v) is 2.20. The highest BCUT2D eigenvalue weighted by molar-refractivity contribution is 5.69. The van der Waals surface area contributed by atoms with Crippen LogP contribution in [0, 0.1) is 0 Å². The van der Waals surface area contributed by atoms with Gasteiger partial charge < -0.3 is 4.98 Å². The molecule has 84 valence electrons. The number of rotatable bonds is 2. The van der Waals surface area contributed by atoms with Crippen LogP contribution >= 0.6 is 0 Å². The van der Waals surface area contributed by atoms with E-state index in [1.54, 1.807) is 12.4 Å². The summed E-state index contributed by atoms with van der Waals surface area (Å²) < 4.78 is 1.97. The molecule has 0 amide bonds. The topological polar surface area (TPSA) is 72.3 Å². The predicted molar refractivity (Wildman–Crippen MR) is 60.2 cm³/mol. The molecule has 1 fully saturated rings. The normalized spacial score (nSPS) is 17.4. The fourth-order valence-electron chi connectivity index (χ4n) is 2.20. The summed E-state index contributed by atoms with van der Waals surface area (Å²) in [7, 11) is 0. The molecule has 0 radical (unpaired) electrons. The lowest BCUT2D eigenvalue weighted by molar-refractivity contribution is 0.485. The number of H-pyrrole nitrogens is 1. The van der Waals surface area contributed by atoms with Gasteiger partial charge in [-0.2, -0.15) is 5.10 Å². The Balaban J connectivity index is 1.89. The van der Waals surface area contributed by atoms with Crippen LogP contribution in [0.2, 0.25) is 0 Å². The molecule has 0 unspecified atom stereocenters. The van der Waals surface area contributed by atoms with Crippen molar-refractivity contribution >= 4 is 11.2 Å². The smallest absolute Gasteiger partial charge is 0.180 e. The average Bonchev–Trinajstić information content (AvgIpc) is 2.83. The van der Waals surface area contributed by atoms with Crippen LogP contribution in [0.15, 0.2) is 31.0 Å². The third-order valence-electron chi connectivity index (χ3n) is 3.27. The summed E-state index contributed by atoms with van der Waals surface area (Å²) in [5.74, 6) is 0.928. The van der Waals surface area contributed by atoms with Crippen LogP contribution in [0.25, 0.3) is 11.2 Å². The lowest BCUT2D eigenvalue weighted by Gasteiger charge is -2.12. The van der Waals surface area contributed by atoms with E-state index in [-0.39, 0.29) is 5.54 Å². The van der Waals surface area contributed by atoms with E-state index in [1.807, 2.05) is 16.9 Å². The van der Waals surface area contributed by atoms with Crippen molar-refractivity contribution in [3.8, 4) is 0 Å². The Morgan fingerprint density at radius 1 is 1.35 bits per heavy atom. The Bertz CT molecular complexity index is 631. The molecule has 3 aromatic rings. The minimum atomic E-state index is -0.0931. The molecule has 0 saturated heterocycles. The lowest BCUT2D eigenvalue weighted by atomic mass is 10.2. The van der Waals surface area contributed by atoms with Crippen molar-refractivity contribution in [3.63, 3.8) is 0 Å². The summed E-state index contributed by atoms with van der Waals surface area (Å²) in [5, 5.41) is 4.32. The SMILES string of the molecule is c1cnn(C2(c3nc4ncncc4[nH]3)CC2)c1. The maximum atomic E-state index is 4.54. The number of imidazole rings is 1. The van der Waals surface area contributed by atoms with Gasteiger partial charge in [0.15, 0.2) is 5.65 Å². The van der Waals surface area contributed by atoms with Crippen LogP contribution in [-0.4, -0.2) is 29.7 Å². The zero-order chi connectivity index (χ0) is 11.3. The van der Waals surface area contributed by atoms with Crippen molar-refractivity contribution in [1.82, 2.24) is 29.7 Å². The molecule has 6 nitrogen and oxygen atoms in total. The minimum Gasteiger partial charge on any atom is -0.337 e. The van der Waals surface area contributed by atoms with E-state index >= 15 is 0 Å². The first kappa shape index (κ1) is 8.86. The van der Waals surface area contributed by atoms with Crippen LogP contribution in [0.1, 0.15) is 18.7 Å². The van der Waals surface area contributed by atoms with Gasteiger partial charge in [0.2, 0.25) is 0 Å². The molecular formula is C11H10N6. The maximum absolute atomic E-state index is 4.54. The van der Waals surface area contributed by atoms with Gasteiger partial charge in [0.1, 0.15) is 23.2 Å². The van der Waals surface area contributed by atoms with Crippen molar-refractivity contribution in [2.75, 3.05) is 0 Å². The van der Waals surface area contributed by atoms with E-state index in [4.69, 9.17) is 0 Å². The zero-order valence-electron chi connectivity index (χ0n) is 9.04. The summed E-state index contributed by atoms with van der Waals surface area (Å²) in [6, 6.07) is 1.93. The summed E-state index contributed by atoms with van der Waals surface area (Å²) in [5.41, 5.74) is 1.50. The van der Waals surface area contributed by atoms with Gasteiger partial charge in [-0.25, -0.2) is 15.0 Å². The maximum Gasteiger partial charge on any atom is 0.180 e. The Hall–Kier alpha value is -2.24. The Morgan fingerprint density at radius 3 is 3.00 bits per heavy atom. The number of nitrogens with zero attached hydrogens (tertiary/aromatic N) is 5. The predicted octanol–water partition coefficient (Wildman–Crippen LogP) is 1.09. The molecular weight excluding hydrogens is 216 g/mol. The van der Waals surface area contributed by atoms with E-state index in [0.717, 1.165) is 24.2 Å². The Morgan fingerprint density at radius 2 is 2.29 bits per heavy atom. The summed E-state index contributed by atoms with van der Waals surface area (Å²) >= 11 is 0. The standard InChI is InChI=1S/C11H10N6/c1-4-14-17(5-1)11(2-3-11)10-15-8-6-12-7-13-9(8)16-10/h1,4-7H,2-3H2,(H,12,13,15,16). The molecule has 1 aliphatic rings. The first-order valence-electron chi connectivity index (χ1n) is 5.55. The van der Waals surface area contributed by atoms with Gasteiger partial charge in [-0.15, -0.1) is 0 Å². The van der Waals surface area contributed by atoms with Crippen molar-refractivity contribution in [1.29, 1.82) is 0 Å². The number of hydrogen-bond donors (Lipinski definition) is 1. The molecule has 0 aliphatic heterocycles. The Kier molecular flexibility index (Phi) is 1.52. The molecule has 6 heteroatoms. The second-order valence-electron chi connectivity index (χ2n) is 4.33. The lowest BCUT2D eigenvalue weighted by Crippen LogP contribution is -2.20. The summed E-state index contributed by atoms with van der Waals surface area (Å²) in [6.45, 7) is 0. The van der Waals surface area contributed by atoms with E-state index in [1.165, 1.54) is 6.33 Å². The van der Waals surface area contributed by atoms with E-state index in [9.17, 15) is 0 Å². The zero-order valence-corrected chi connectivity index (χ0v) is 9.04. The molecule has 1 aliphatic carbocycles. The minimum absolute atomic E-state index is 0.0931. The molecule has 0 aromatic carbocycles. The van der Waals surface area contributed by atoms with Crippen LogP contribution in [0.3, 0.4) is 0 Å². The van der Waals surface area contributed by atoms with Crippen LogP contribution in [0.4, 0.5) is 0 Å². The first-order chi connectivity index (χ1) is 8.38. The quantitative estimate of drug-likeness (QED) is 0.709. The van der Waals surface area contributed by atoms with Crippen molar-refractivity contribution < 1.29 is 0 Å². The highest BCUT2D eigenvalue weighted by atomic mass is 15.3. The van der Waals surface area contributed by atoms with Gasteiger partial charge in [-0.05, 0) is 18.9 Å². The van der Waals surface area contributed by atoms with Crippen molar-refractivity contribution in [3.05, 3.63) is 36.8 Å². The van der Waals surface area contributed by atoms with Gasteiger partial charge >= 0.3 is 0 Å². The van der Waals surface area contributed by atoms with Crippen molar-refractivity contribution in [2.24, 2.45) is 0 Å². The third kappa shape index (κ3) is 1.15. The molecule has 3 heterocycles. The summed E-state index contributed by atoms with van der Waals surface area (Å²) in [4.78, 5) is 16.0. The van der Waals surface area contributed by atoms with E-state index in [2.05, 4.69) is 25.0 Å². The third-order valence-corrected chi connectivity index (χ3v) is 3.27. The summed E-state index contributed by atoms with van der Waals surface area (Å²) in [6.07, 6.45) is 9.15. The van der Waals surface area contributed by atoms with Crippen molar-refractivity contribution in [2.45, 2.75) is 18.4 Å². The van der Waals surface area contributed by atoms with Gasteiger partial charge in [0, 0.05) is 12.4 Å². The molecule has 1 N–H and O–H groups in total. The monoisotopic (exact) mass is 226 g/mol. The Labute approximate surface area is 96.7 Å². The van der Waals surface area contributed by atoms with Crippen LogP contribution < -0.4 is 0 Å². The van der Waals surface area contributed by atoms with Gasteiger partial charge in [-0.3, -0.25) is 4.68 Å². The van der Waals surface area contributed by atoms with E-state index in [0.29, 0.717) is 5.65 Å². The highest BCUT2D eigenvalue weighted by Crippen LogP contribution is 2.47. The molecule has 1 saturated carbocycles. The molecule has 0 bridgehead atoms. The first-order valence-corrected chi connectivity index (χ1v) is 5.55. The molecule has 4 rings (SSSR count). The van der Waals surface area contributed by atoms with Gasteiger partial charge in [-0.1, -0.05) is 0 Å². The second kappa shape index (κ2) is 2.91.